The lowest BCUT2D eigenvalue weighted by Gasteiger charge is -2.31. The molecule has 0 bridgehead atoms. The second kappa shape index (κ2) is 9.91. The number of aryl methyl sites for hydroxylation is 2. The minimum absolute atomic E-state index is 0.0776. The second-order valence-corrected chi connectivity index (χ2v) is 9.46. The fourth-order valence-corrected chi connectivity index (χ4v) is 4.96. The molecule has 0 radical (unpaired) electrons. The molecule has 0 aliphatic carbocycles. The van der Waals surface area contributed by atoms with Crippen molar-refractivity contribution in [1.82, 2.24) is 19.7 Å². The van der Waals surface area contributed by atoms with Gasteiger partial charge in [0.05, 0.1) is 28.3 Å². The highest BCUT2D eigenvalue weighted by Gasteiger charge is 2.24. The lowest BCUT2D eigenvalue weighted by atomic mass is 9.97. The Morgan fingerprint density at radius 3 is 2.58 bits per heavy atom. The van der Waals surface area contributed by atoms with Gasteiger partial charge in [0.25, 0.3) is 5.91 Å². The molecular weight excluding hydrogens is 452 g/mol. The van der Waals surface area contributed by atoms with E-state index in [1.165, 1.54) is 0 Å². The van der Waals surface area contributed by atoms with Crippen molar-refractivity contribution < 1.29 is 9.59 Å². The Morgan fingerprint density at radius 1 is 1.11 bits per heavy atom. The van der Waals surface area contributed by atoms with Gasteiger partial charge in [0.15, 0.2) is 5.65 Å². The molecule has 2 aromatic heterocycles. The zero-order valence-corrected chi connectivity index (χ0v) is 20.6. The van der Waals surface area contributed by atoms with Crippen molar-refractivity contribution in [2.24, 2.45) is 18.7 Å². The first-order valence-corrected chi connectivity index (χ1v) is 12.2. The summed E-state index contributed by atoms with van der Waals surface area (Å²) in [6, 6.07) is 19.5. The molecule has 4 aromatic rings. The molecule has 36 heavy (non-hydrogen) atoms. The van der Waals surface area contributed by atoms with Crippen LogP contribution in [0.1, 0.15) is 34.5 Å². The molecule has 0 spiro atoms. The van der Waals surface area contributed by atoms with Crippen LogP contribution in [0.4, 0.5) is 5.69 Å². The summed E-state index contributed by atoms with van der Waals surface area (Å²) in [6.45, 7) is 4.29. The molecule has 2 amide bonds. The molecule has 0 saturated carbocycles. The predicted molar refractivity (Wildman–Crippen MR) is 140 cm³/mol. The molecule has 184 valence electrons. The molecule has 1 fully saturated rings. The fourth-order valence-electron chi connectivity index (χ4n) is 4.96. The normalized spacial score (nSPS) is 16.2. The molecular formula is C28H30N6O2. The Kier molecular flexibility index (Phi) is 6.52. The number of piperidine rings is 1. The highest BCUT2D eigenvalue weighted by molar-refractivity contribution is 6.13. The number of nitrogens with two attached hydrogens (primary N) is 1. The number of anilines is 1. The van der Waals surface area contributed by atoms with E-state index >= 15 is 0 Å². The van der Waals surface area contributed by atoms with Crippen LogP contribution in [-0.4, -0.2) is 44.6 Å². The minimum Gasteiger partial charge on any atom is -0.369 e. The predicted octanol–water partition coefficient (Wildman–Crippen LogP) is 3.89. The first-order chi connectivity index (χ1) is 17.4. The van der Waals surface area contributed by atoms with Crippen LogP contribution < -0.4 is 11.1 Å². The Morgan fingerprint density at radius 2 is 1.86 bits per heavy atom. The number of benzene rings is 2. The van der Waals surface area contributed by atoms with E-state index in [0.29, 0.717) is 23.4 Å². The molecule has 1 atom stereocenters. The number of hydrogen-bond acceptors (Lipinski definition) is 5. The summed E-state index contributed by atoms with van der Waals surface area (Å²) in [7, 11) is 1.84. The third kappa shape index (κ3) is 4.85. The number of rotatable bonds is 6. The number of fused-ring (bicyclic) bond motifs is 1. The summed E-state index contributed by atoms with van der Waals surface area (Å²) in [5.74, 6) is -0.503. The van der Waals surface area contributed by atoms with Crippen LogP contribution in [0.15, 0.2) is 60.7 Å². The Bertz CT molecular complexity index is 1410. The number of aromatic nitrogens is 3. The maximum absolute atomic E-state index is 13.4. The first kappa shape index (κ1) is 23.7. The zero-order valence-electron chi connectivity index (χ0n) is 20.6. The zero-order chi connectivity index (χ0) is 25.2. The quantitative estimate of drug-likeness (QED) is 0.434. The van der Waals surface area contributed by atoms with Crippen molar-refractivity contribution in [2.45, 2.75) is 26.3 Å². The topological polar surface area (TPSA) is 106 Å². The van der Waals surface area contributed by atoms with Gasteiger partial charge >= 0.3 is 0 Å². The molecule has 5 rings (SSSR count). The number of amides is 2. The summed E-state index contributed by atoms with van der Waals surface area (Å²) >= 11 is 0. The van der Waals surface area contributed by atoms with Gasteiger partial charge in [-0.15, -0.1) is 0 Å². The number of likely N-dealkylation sites (tertiary alicyclic amines) is 1. The van der Waals surface area contributed by atoms with Crippen LogP contribution in [0.3, 0.4) is 0 Å². The van der Waals surface area contributed by atoms with Crippen LogP contribution in [-0.2, 0) is 18.4 Å². The van der Waals surface area contributed by atoms with Crippen molar-refractivity contribution in [3.63, 3.8) is 0 Å². The average molecular weight is 483 g/mol. The van der Waals surface area contributed by atoms with Crippen LogP contribution in [0.25, 0.3) is 22.3 Å². The second-order valence-electron chi connectivity index (χ2n) is 9.46. The summed E-state index contributed by atoms with van der Waals surface area (Å²) in [5, 5.41) is 8.29. The van der Waals surface area contributed by atoms with Gasteiger partial charge in [-0.1, -0.05) is 42.5 Å². The van der Waals surface area contributed by atoms with E-state index in [-0.39, 0.29) is 17.7 Å². The largest absolute Gasteiger partial charge is 0.369 e. The molecule has 8 nitrogen and oxygen atoms in total. The monoisotopic (exact) mass is 482 g/mol. The summed E-state index contributed by atoms with van der Waals surface area (Å²) in [5.41, 5.74) is 11.0. The molecule has 8 heteroatoms. The smallest absolute Gasteiger partial charge is 0.256 e. The Balaban J connectivity index is 1.36. The van der Waals surface area contributed by atoms with Crippen molar-refractivity contribution >= 4 is 28.5 Å². The Labute approximate surface area is 210 Å². The third-order valence-corrected chi connectivity index (χ3v) is 6.81. The molecule has 1 aliphatic rings. The lowest BCUT2D eigenvalue weighted by molar-refractivity contribution is -0.123. The number of primary amides is 1. The van der Waals surface area contributed by atoms with Crippen LogP contribution in [0, 0.1) is 12.8 Å². The molecule has 1 unspecified atom stereocenters. The van der Waals surface area contributed by atoms with E-state index in [9.17, 15) is 9.59 Å². The lowest BCUT2D eigenvalue weighted by Crippen LogP contribution is -2.40. The van der Waals surface area contributed by atoms with Crippen molar-refractivity contribution in [3.8, 4) is 11.3 Å². The van der Waals surface area contributed by atoms with E-state index in [4.69, 9.17) is 10.7 Å². The third-order valence-electron chi connectivity index (χ3n) is 6.81. The average Bonchev–Trinajstić information content (AvgIpc) is 3.18. The number of hydrogen-bond donors (Lipinski definition) is 2. The van der Waals surface area contributed by atoms with E-state index < -0.39 is 0 Å². The number of carbonyl (C=O) groups is 2. The van der Waals surface area contributed by atoms with E-state index in [1.807, 2.05) is 74.6 Å². The molecule has 3 heterocycles. The van der Waals surface area contributed by atoms with Crippen molar-refractivity contribution in [1.29, 1.82) is 0 Å². The Hall–Kier alpha value is -4.04. The number of pyridine rings is 1. The van der Waals surface area contributed by atoms with Crippen LogP contribution >= 0.6 is 0 Å². The molecule has 3 N–H and O–H groups in total. The van der Waals surface area contributed by atoms with Gasteiger partial charge in [0.1, 0.15) is 0 Å². The summed E-state index contributed by atoms with van der Waals surface area (Å²) < 4.78 is 1.71. The van der Waals surface area contributed by atoms with E-state index in [1.54, 1.807) is 4.68 Å². The molecule has 2 aromatic carbocycles. The number of carbonyl (C=O) groups excluding carboxylic acids is 2. The standard InChI is InChI=1S/C28H30N6O2/c1-18-25-23(15-24(20-7-4-3-5-8-20)31-27(25)33(2)32-18)28(36)30-22-12-10-19(11-13-22)16-34-14-6-9-21(17-34)26(29)35/h3-5,7-8,10-13,15,21H,6,9,14,16-17H2,1-2H3,(H2,29,35)(H,30,36). The van der Waals surface area contributed by atoms with Gasteiger partial charge in [-0.25, -0.2) is 4.98 Å². The van der Waals surface area contributed by atoms with Gasteiger partial charge in [0.2, 0.25) is 5.91 Å². The van der Waals surface area contributed by atoms with Gasteiger partial charge in [-0.2, -0.15) is 5.10 Å². The van der Waals surface area contributed by atoms with Gasteiger partial charge < -0.3 is 11.1 Å². The van der Waals surface area contributed by atoms with Crippen LogP contribution in [0.5, 0.6) is 0 Å². The van der Waals surface area contributed by atoms with E-state index in [2.05, 4.69) is 15.3 Å². The number of nitrogens with one attached hydrogen (secondary N) is 1. The summed E-state index contributed by atoms with van der Waals surface area (Å²) in [6.07, 6.45) is 1.84. The maximum atomic E-state index is 13.4. The maximum Gasteiger partial charge on any atom is 0.256 e. The van der Waals surface area contributed by atoms with Gasteiger partial charge in [-0.05, 0) is 50.1 Å². The van der Waals surface area contributed by atoms with Gasteiger partial charge in [-0.3, -0.25) is 19.2 Å². The van der Waals surface area contributed by atoms with Crippen molar-refractivity contribution in [2.75, 3.05) is 18.4 Å². The molecule has 1 aliphatic heterocycles. The fraction of sp³-hybridized carbons (Fsp3) is 0.286. The SMILES string of the molecule is Cc1nn(C)c2nc(-c3ccccc3)cc(C(=O)Nc3ccc(CN4CCCC(C(N)=O)C4)cc3)c12. The highest BCUT2D eigenvalue weighted by Crippen LogP contribution is 2.28. The molecule has 1 saturated heterocycles. The van der Waals surface area contributed by atoms with Gasteiger partial charge in [0, 0.05) is 31.4 Å². The van der Waals surface area contributed by atoms with Crippen LogP contribution in [0.2, 0.25) is 0 Å². The minimum atomic E-state index is -0.220. The first-order valence-electron chi connectivity index (χ1n) is 12.2. The summed E-state index contributed by atoms with van der Waals surface area (Å²) in [4.78, 5) is 32.1. The highest BCUT2D eigenvalue weighted by atomic mass is 16.2. The van der Waals surface area contributed by atoms with Crippen molar-refractivity contribution in [3.05, 3.63) is 77.5 Å². The van der Waals surface area contributed by atoms with E-state index in [0.717, 1.165) is 53.8 Å². The number of nitrogens with zero attached hydrogens (tertiary/aromatic N) is 4.